The van der Waals surface area contributed by atoms with Gasteiger partial charge >= 0.3 is 6.03 Å². The van der Waals surface area contributed by atoms with E-state index in [1.165, 1.54) is 16.9 Å². The summed E-state index contributed by atoms with van der Waals surface area (Å²) in [6, 6.07) is 9.81. The Kier molecular flexibility index (Phi) is 5.62. The molecule has 8 heteroatoms. The molecule has 0 aliphatic rings. The normalized spacial score (nSPS) is 10.7. The number of aromatic nitrogens is 4. The van der Waals surface area contributed by atoms with Gasteiger partial charge in [0.1, 0.15) is 15.8 Å². The van der Waals surface area contributed by atoms with Crippen LogP contribution in [-0.2, 0) is 19.5 Å². The van der Waals surface area contributed by atoms with Crippen LogP contribution in [-0.4, -0.2) is 26.0 Å². The minimum absolute atomic E-state index is 0.288. The lowest BCUT2D eigenvalue weighted by molar-refractivity contribution is 0.251. The molecule has 2 amide bonds. The van der Waals surface area contributed by atoms with E-state index in [1.807, 2.05) is 26.0 Å². The average molecular weight is 370 g/mol. The summed E-state index contributed by atoms with van der Waals surface area (Å²) in [7, 11) is 0. The average Bonchev–Trinajstić information content (AvgIpc) is 3.19. The lowest BCUT2D eigenvalue weighted by Gasteiger charge is -2.10. The first-order valence-electron chi connectivity index (χ1n) is 8.49. The predicted molar refractivity (Wildman–Crippen MR) is 102 cm³/mol. The summed E-state index contributed by atoms with van der Waals surface area (Å²) in [5, 5.41) is 20.0. The molecule has 0 fully saturated rings. The fraction of sp³-hybridized carbons (Fsp3) is 0.333. The summed E-state index contributed by atoms with van der Waals surface area (Å²) in [5.74, 6) is 0.660. The first-order valence-corrected chi connectivity index (χ1v) is 9.31. The number of benzene rings is 1. The number of carbonyl (C=O) groups excluding carboxylic acids is 1. The van der Waals surface area contributed by atoms with Gasteiger partial charge in [0.25, 0.3) is 0 Å². The van der Waals surface area contributed by atoms with Crippen LogP contribution in [0.1, 0.15) is 33.8 Å². The summed E-state index contributed by atoms with van der Waals surface area (Å²) in [6.45, 7) is 6.95. The van der Waals surface area contributed by atoms with Crippen molar-refractivity contribution >= 4 is 23.2 Å². The van der Waals surface area contributed by atoms with Gasteiger partial charge in [-0.05, 0) is 25.8 Å². The van der Waals surface area contributed by atoms with E-state index in [1.54, 1.807) is 4.68 Å². The molecule has 2 aromatic heterocycles. The third-order valence-electron chi connectivity index (χ3n) is 3.77. The molecule has 0 aliphatic heterocycles. The SMILES string of the molecule is CCc1nnc(CNC(=O)Nc2cc(C)nn2Cc2cccc(C)c2)s1. The fourth-order valence-corrected chi connectivity index (χ4v) is 3.29. The lowest BCUT2D eigenvalue weighted by Crippen LogP contribution is -2.29. The van der Waals surface area contributed by atoms with E-state index in [0.717, 1.165) is 27.7 Å². The largest absolute Gasteiger partial charge is 0.331 e. The molecule has 0 bridgehead atoms. The zero-order valence-electron chi connectivity index (χ0n) is 15.1. The minimum atomic E-state index is -0.288. The molecule has 136 valence electrons. The maximum atomic E-state index is 12.2. The number of hydrogen-bond donors (Lipinski definition) is 2. The summed E-state index contributed by atoms with van der Waals surface area (Å²) >= 11 is 1.51. The molecule has 0 saturated heterocycles. The van der Waals surface area contributed by atoms with Gasteiger partial charge in [-0.3, -0.25) is 5.32 Å². The molecular weight excluding hydrogens is 348 g/mol. The van der Waals surface area contributed by atoms with Gasteiger partial charge in [0.05, 0.1) is 18.8 Å². The second-order valence-corrected chi connectivity index (χ2v) is 7.22. The molecule has 0 radical (unpaired) electrons. The fourth-order valence-electron chi connectivity index (χ4n) is 2.57. The quantitative estimate of drug-likeness (QED) is 0.697. The first kappa shape index (κ1) is 18.1. The monoisotopic (exact) mass is 370 g/mol. The van der Waals surface area contributed by atoms with Crippen molar-refractivity contribution in [1.82, 2.24) is 25.3 Å². The van der Waals surface area contributed by atoms with Gasteiger partial charge in [-0.15, -0.1) is 10.2 Å². The highest BCUT2D eigenvalue weighted by Crippen LogP contribution is 2.14. The van der Waals surface area contributed by atoms with Crippen LogP contribution in [0.2, 0.25) is 0 Å². The number of carbonyl (C=O) groups is 1. The summed E-state index contributed by atoms with van der Waals surface area (Å²) in [4.78, 5) is 12.2. The van der Waals surface area contributed by atoms with Crippen molar-refractivity contribution in [2.75, 3.05) is 5.32 Å². The van der Waals surface area contributed by atoms with E-state index in [-0.39, 0.29) is 6.03 Å². The molecule has 2 heterocycles. The third-order valence-corrected chi connectivity index (χ3v) is 4.84. The maximum Gasteiger partial charge on any atom is 0.320 e. The van der Waals surface area contributed by atoms with Gasteiger partial charge in [0.2, 0.25) is 0 Å². The Hall–Kier alpha value is -2.74. The smallest absolute Gasteiger partial charge is 0.320 e. The highest BCUT2D eigenvalue weighted by atomic mass is 32.1. The Morgan fingerprint density at radius 3 is 2.73 bits per heavy atom. The molecule has 26 heavy (non-hydrogen) atoms. The van der Waals surface area contributed by atoms with Crippen molar-refractivity contribution < 1.29 is 4.79 Å². The highest BCUT2D eigenvalue weighted by Gasteiger charge is 2.11. The predicted octanol–water partition coefficient (Wildman–Crippen LogP) is 3.28. The molecule has 3 rings (SSSR count). The minimum Gasteiger partial charge on any atom is -0.331 e. The number of amides is 2. The molecule has 0 spiro atoms. The summed E-state index contributed by atoms with van der Waals surface area (Å²) in [6.07, 6.45) is 0.848. The molecule has 0 unspecified atom stereocenters. The molecule has 0 atom stereocenters. The van der Waals surface area contributed by atoms with Gasteiger partial charge in [-0.1, -0.05) is 48.1 Å². The van der Waals surface area contributed by atoms with Gasteiger partial charge in [-0.25, -0.2) is 9.48 Å². The van der Waals surface area contributed by atoms with Crippen molar-refractivity contribution in [3.8, 4) is 0 Å². The van der Waals surface area contributed by atoms with Gasteiger partial charge in [0.15, 0.2) is 0 Å². The molecule has 2 N–H and O–H groups in total. The van der Waals surface area contributed by atoms with Crippen LogP contribution in [0, 0.1) is 13.8 Å². The Morgan fingerprint density at radius 2 is 2.00 bits per heavy atom. The van der Waals surface area contributed by atoms with Gasteiger partial charge < -0.3 is 5.32 Å². The van der Waals surface area contributed by atoms with Crippen LogP contribution in [0.25, 0.3) is 0 Å². The van der Waals surface area contributed by atoms with Gasteiger partial charge in [0, 0.05) is 6.07 Å². The van der Waals surface area contributed by atoms with E-state index in [4.69, 9.17) is 0 Å². The first-order chi connectivity index (χ1) is 12.5. The number of hydrogen-bond acceptors (Lipinski definition) is 5. The Morgan fingerprint density at radius 1 is 1.19 bits per heavy atom. The zero-order chi connectivity index (χ0) is 18.5. The van der Waals surface area contributed by atoms with E-state index in [0.29, 0.717) is 18.9 Å². The van der Waals surface area contributed by atoms with E-state index in [9.17, 15) is 4.79 Å². The lowest BCUT2D eigenvalue weighted by atomic mass is 10.1. The number of aryl methyl sites for hydroxylation is 3. The maximum absolute atomic E-state index is 12.2. The van der Waals surface area contributed by atoms with Crippen LogP contribution in [0.15, 0.2) is 30.3 Å². The standard InChI is InChI=1S/C18H22N6OS/c1-4-16-21-22-17(26-16)10-19-18(25)20-15-9-13(3)23-24(15)11-14-7-5-6-12(2)8-14/h5-9H,4,10-11H2,1-3H3,(H2,19,20,25). The van der Waals surface area contributed by atoms with Crippen molar-refractivity contribution in [3.63, 3.8) is 0 Å². The van der Waals surface area contributed by atoms with E-state index < -0.39 is 0 Å². The van der Waals surface area contributed by atoms with Crippen LogP contribution in [0.3, 0.4) is 0 Å². The number of anilines is 1. The van der Waals surface area contributed by atoms with Crippen LogP contribution >= 0.6 is 11.3 Å². The Balaban J connectivity index is 1.62. The number of nitrogens with one attached hydrogen (secondary N) is 2. The van der Waals surface area contributed by atoms with E-state index in [2.05, 4.69) is 51.1 Å². The van der Waals surface area contributed by atoms with Crippen molar-refractivity contribution in [2.45, 2.75) is 40.3 Å². The molecular formula is C18H22N6OS. The number of urea groups is 1. The number of rotatable bonds is 6. The molecule has 7 nitrogen and oxygen atoms in total. The van der Waals surface area contributed by atoms with Crippen molar-refractivity contribution in [1.29, 1.82) is 0 Å². The van der Waals surface area contributed by atoms with Crippen molar-refractivity contribution in [3.05, 3.63) is 57.2 Å². The molecule has 1 aromatic carbocycles. The second kappa shape index (κ2) is 8.09. The molecule has 3 aromatic rings. The van der Waals surface area contributed by atoms with Crippen LogP contribution < -0.4 is 10.6 Å². The second-order valence-electron chi connectivity index (χ2n) is 6.07. The zero-order valence-corrected chi connectivity index (χ0v) is 15.9. The number of nitrogens with zero attached hydrogens (tertiary/aromatic N) is 4. The Labute approximate surface area is 156 Å². The summed E-state index contributed by atoms with van der Waals surface area (Å²) in [5.41, 5.74) is 3.18. The van der Waals surface area contributed by atoms with Crippen LogP contribution in [0.4, 0.5) is 10.6 Å². The Bertz CT molecular complexity index is 901. The highest BCUT2D eigenvalue weighted by molar-refractivity contribution is 7.11. The van der Waals surface area contributed by atoms with Crippen LogP contribution in [0.5, 0.6) is 0 Å². The molecule has 0 saturated carbocycles. The topological polar surface area (TPSA) is 84.7 Å². The molecule has 0 aliphatic carbocycles. The van der Waals surface area contributed by atoms with E-state index >= 15 is 0 Å². The third kappa shape index (κ3) is 4.66. The summed E-state index contributed by atoms with van der Waals surface area (Å²) < 4.78 is 1.80. The van der Waals surface area contributed by atoms with Gasteiger partial charge in [-0.2, -0.15) is 5.10 Å². The van der Waals surface area contributed by atoms with Crippen molar-refractivity contribution in [2.24, 2.45) is 0 Å².